The highest BCUT2D eigenvalue weighted by Crippen LogP contribution is 2.12. The van der Waals surface area contributed by atoms with Crippen LogP contribution in [0.2, 0.25) is 0 Å². The second-order valence-electron chi connectivity index (χ2n) is 3.38. The van der Waals surface area contributed by atoms with Gasteiger partial charge in [-0.2, -0.15) is 0 Å². The van der Waals surface area contributed by atoms with E-state index in [4.69, 9.17) is 4.74 Å². The van der Waals surface area contributed by atoms with Crippen LogP contribution in [0.3, 0.4) is 0 Å². The Morgan fingerprint density at radius 2 is 2.21 bits per heavy atom. The molecule has 0 heterocycles. The minimum Gasteiger partial charge on any atom is -0.390 e. The van der Waals surface area contributed by atoms with Gasteiger partial charge in [0, 0.05) is 13.5 Å². The molecule has 1 aromatic rings. The molecule has 0 saturated heterocycles. The molecule has 14 heavy (non-hydrogen) atoms. The molecule has 0 aromatic heterocycles. The summed E-state index contributed by atoms with van der Waals surface area (Å²) in [4.78, 5) is 0. The van der Waals surface area contributed by atoms with Crippen LogP contribution < -0.4 is 0 Å². The van der Waals surface area contributed by atoms with Crippen molar-refractivity contribution in [3.63, 3.8) is 0 Å². The number of ether oxygens (including phenoxy) is 1. The molecule has 0 aliphatic carbocycles. The average Bonchev–Trinajstić information content (AvgIpc) is 2.12. The number of aryl methyl sites for hydroxylation is 1. The first-order valence-corrected chi connectivity index (χ1v) is 4.55. The molecule has 1 rings (SSSR count). The van der Waals surface area contributed by atoms with E-state index in [2.05, 4.69) is 0 Å². The molecule has 0 radical (unpaired) electrons. The van der Waals surface area contributed by atoms with Crippen LogP contribution in [0.5, 0.6) is 0 Å². The van der Waals surface area contributed by atoms with Crippen LogP contribution in [0.1, 0.15) is 11.1 Å². The van der Waals surface area contributed by atoms with Gasteiger partial charge in [0.1, 0.15) is 5.82 Å². The third kappa shape index (κ3) is 3.09. The highest BCUT2D eigenvalue weighted by Gasteiger charge is 2.07. The molecule has 3 heteroatoms. The van der Waals surface area contributed by atoms with Gasteiger partial charge in [-0.25, -0.2) is 4.39 Å². The summed E-state index contributed by atoms with van der Waals surface area (Å²) >= 11 is 0. The SMILES string of the molecule is COCC(O)Cc1cc(F)ccc1C. The van der Waals surface area contributed by atoms with Crippen molar-refractivity contribution < 1.29 is 14.2 Å². The maximum atomic E-state index is 12.9. The predicted molar refractivity (Wildman–Crippen MR) is 52.7 cm³/mol. The Morgan fingerprint density at radius 3 is 2.86 bits per heavy atom. The summed E-state index contributed by atoms with van der Waals surface area (Å²) in [6.45, 7) is 2.17. The van der Waals surface area contributed by atoms with Gasteiger partial charge in [-0.05, 0) is 30.2 Å². The van der Waals surface area contributed by atoms with E-state index in [0.717, 1.165) is 11.1 Å². The first kappa shape index (κ1) is 11.1. The zero-order valence-corrected chi connectivity index (χ0v) is 8.46. The molecule has 1 aromatic carbocycles. The summed E-state index contributed by atoms with van der Waals surface area (Å²) in [7, 11) is 1.53. The normalized spacial score (nSPS) is 12.9. The molecule has 78 valence electrons. The van der Waals surface area contributed by atoms with E-state index in [-0.39, 0.29) is 12.4 Å². The summed E-state index contributed by atoms with van der Waals surface area (Å²) in [5, 5.41) is 9.47. The quantitative estimate of drug-likeness (QED) is 0.797. The lowest BCUT2D eigenvalue weighted by Gasteiger charge is -2.11. The number of hydrogen-bond donors (Lipinski definition) is 1. The smallest absolute Gasteiger partial charge is 0.123 e. The van der Waals surface area contributed by atoms with E-state index in [1.165, 1.54) is 19.2 Å². The van der Waals surface area contributed by atoms with E-state index >= 15 is 0 Å². The summed E-state index contributed by atoms with van der Waals surface area (Å²) < 4.78 is 17.7. The van der Waals surface area contributed by atoms with E-state index in [9.17, 15) is 9.50 Å². The Kier molecular flexibility index (Phi) is 4.04. The number of benzene rings is 1. The first-order valence-electron chi connectivity index (χ1n) is 4.55. The van der Waals surface area contributed by atoms with Crippen LogP contribution in [0, 0.1) is 12.7 Å². The standard InChI is InChI=1S/C11H15FO2/c1-8-3-4-10(12)5-9(8)6-11(13)7-14-2/h3-5,11,13H,6-7H2,1-2H3. The molecule has 0 amide bonds. The van der Waals surface area contributed by atoms with Crippen molar-refractivity contribution in [3.8, 4) is 0 Å². The Hall–Kier alpha value is -0.930. The largest absolute Gasteiger partial charge is 0.390 e. The maximum absolute atomic E-state index is 12.9. The highest BCUT2D eigenvalue weighted by atomic mass is 19.1. The minimum absolute atomic E-state index is 0.268. The van der Waals surface area contributed by atoms with Gasteiger partial charge in [0.05, 0.1) is 12.7 Å². The fraction of sp³-hybridized carbons (Fsp3) is 0.455. The lowest BCUT2D eigenvalue weighted by molar-refractivity contribution is 0.0649. The molecule has 1 unspecified atom stereocenters. The van der Waals surface area contributed by atoms with Crippen molar-refractivity contribution in [3.05, 3.63) is 35.1 Å². The monoisotopic (exact) mass is 198 g/mol. The number of halogens is 1. The number of hydrogen-bond acceptors (Lipinski definition) is 2. The lowest BCUT2D eigenvalue weighted by atomic mass is 10.0. The molecule has 0 aliphatic heterocycles. The van der Waals surface area contributed by atoms with Gasteiger partial charge in [0.15, 0.2) is 0 Å². The number of methoxy groups -OCH3 is 1. The summed E-state index contributed by atoms with van der Waals surface area (Å²) in [6.07, 6.45) is -0.141. The van der Waals surface area contributed by atoms with Gasteiger partial charge in [-0.3, -0.25) is 0 Å². The van der Waals surface area contributed by atoms with Gasteiger partial charge < -0.3 is 9.84 Å². The third-order valence-corrected chi connectivity index (χ3v) is 2.13. The summed E-state index contributed by atoms with van der Waals surface area (Å²) in [6, 6.07) is 4.58. The van der Waals surface area contributed by atoms with Crippen LogP contribution in [0.15, 0.2) is 18.2 Å². The van der Waals surface area contributed by atoms with E-state index < -0.39 is 6.10 Å². The predicted octanol–water partition coefficient (Wildman–Crippen LogP) is 1.68. The van der Waals surface area contributed by atoms with E-state index in [0.29, 0.717) is 6.42 Å². The van der Waals surface area contributed by atoms with Gasteiger partial charge >= 0.3 is 0 Å². The molecule has 0 saturated carbocycles. The van der Waals surface area contributed by atoms with Gasteiger partial charge in [-0.15, -0.1) is 0 Å². The van der Waals surface area contributed by atoms with E-state index in [1.807, 2.05) is 6.92 Å². The lowest BCUT2D eigenvalue weighted by Crippen LogP contribution is -2.17. The van der Waals surface area contributed by atoms with E-state index in [1.54, 1.807) is 6.07 Å². The molecule has 0 bridgehead atoms. The summed E-state index contributed by atoms with van der Waals surface area (Å²) in [5.41, 5.74) is 1.82. The number of aliphatic hydroxyl groups excluding tert-OH is 1. The van der Waals surface area contributed by atoms with Crippen LogP contribution in [-0.4, -0.2) is 24.9 Å². The Balaban J connectivity index is 2.70. The van der Waals surface area contributed by atoms with Gasteiger partial charge in [-0.1, -0.05) is 6.07 Å². The number of rotatable bonds is 4. The molecule has 2 nitrogen and oxygen atoms in total. The van der Waals surface area contributed by atoms with Crippen LogP contribution >= 0.6 is 0 Å². The van der Waals surface area contributed by atoms with Crippen LogP contribution in [0.25, 0.3) is 0 Å². The zero-order chi connectivity index (χ0) is 10.6. The van der Waals surface area contributed by atoms with Gasteiger partial charge in [0.2, 0.25) is 0 Å². The molecular weight excluding hydrogens is 183 g/mol. The minimum atomic E-state index is -0.569. The third-order valence-electron chi connectivity index (χ3n) is 2.13. The van der Waals surface area contributed by atoms with Crippen molar-refractivity contribution in [1.29, 1.82) is 0 Å². The molecule has 1 atom stereocenters. The Labute approximate surface area is 83.3 Å². The Bertz CT molecular complexity index is 299. The van der Waals surface area contributed by atoms with Crippen LogP contribution in [0.4, 0.5) is 4.39 Å². The fourth-order valence-corrected chi connectivity index (χ4v) is 1.37. The summed E-state index contributed by atoms with van der Waals surface area (Å²) in [5.74, 6) is -0.268. The van der Waals surface area contributed by atoms with Crippen LogP contribution in [-0.2, 0) is 11.2 Å². The van der Waals surface area contributed by atoms with Crippen molar-refractivity contribution >= 4 is 0 Å². The molecule has 0 aliphatic rings. The average molecular weight is 198 g/mol. The second kappa shape index (κ2) is 5.08. The maximum Gasteiger partial charge on any atom is 0.123 e. The molecule has 0 spiro atoms. The molecular formula is C11H15FO2. The highest BCUT2D eigenvalue weighted by molar-refractivity contribution is 5.27. The van der Waals surface area contributed by atoms with Crippen molar-refractivity contribution in [2.45, 2.75) is 19.4 Å². The Morgan fingerprint density at radius 1 is 1.50 bits per heavy atom. The number of aliphatic hydroxyl groups is 1. The van der Waals surface area contributed by atoms with Crippen molar-refractivity contribution in [2.24, 2.45) is 0 Å². The molecule has 1 N–H and O–H groups in total. The van der Waals surface area contributed by atoms with Gasteiger partial charge in [0.25, 0.3) is 0 Å². The topological polar surface area (TPSA) is 29.5 Å². The first-order chi connectivity index (χ1) is 6.63. The molecule has 0 fully saturated rings. The zero-order valence-electron chi connectivity index (χ0n) is 8.46. The van der Waals surface area contributed by atoms with Crippen molar-refractivity contribution in [1.82, 2.24) is 0 Å². The second-order valence-corrected chi connectivity index (χ2v) is 3.38. The van der Waals surface area contributed by atoms with Crippen molar-refractivity contribution in [2.75, 3.05) is 13.7 Å². The fourth-order valence-electron chi connectivity index (χ4n) is 1.37.